The minimum atomic E-state index is -4.54. The Morgan fingerprint density at radius 2 is 1.85 bits per heavy atom. The summed E-state index contributed by atoms with van der Waals surface area (Å²) in [5.74, 6) is 0.0285. The molecule has 0 aliphatic carbocycles. The zero-order chi connectivity index (χ0) is 22.8. The van der Waals surface area contributed by atoms with Gasteiger partial charge in [0.15, 0.2) is 5.82 Å². The van der Waals surface area contributed by atoms with Crippen LogP contribution in [0.3, 0.4) is 0 Å². The average molecular weight is 465 g/mol. The van der Waals surface area contributed by atoms with Crippen LogP contribution in [0.1, 0.15) is 16.8 Å². The third kappa shape index (κ3) is 4.96. The largest absolute Gasteiger partial charge is 0.303 e. The third-order valence-corrected chi connectivity index (χ3v) is 6.15. The molecule has 168 valence electrons. The van der Waals surface area contributed by atoms with Gasteiger partial charge in [0.05, 0.1) is 23.7 Å². The molecule has 1 aromatic carbocycles. The summed E-state index contributed by atoms with van der Waals surface area (Å²) in [4.78, 5) is 15.6. The number of pyridine rings is 1. The number of hydrogen-bond acceptors (Lipinski definition) is 7. The maximum atomic E-state index is 13.1. The molecule has 0 atom stereocenters. The van der Waals surface area contributed by atoms with E-state index in [-0.39, 0.29) is 6.54 Å². The van der Waals surface area contributed by atoms with Crippen LogP contribution in [-0.4, -0.2) is 50.3 Å². The lowest BCUT2D eigenvalue weighted by Gasteiger charge is -2.12. The van der Waals surface area contributed by atoms with E-state index in [1.165, 1.54) is 0 Å². The van der Waals surface area contributed by atoms with Crippen LogP contribution in [0, 0.1) is 0 Å². The van der Waals surface area contributed by atoms with Gasteiger partial charge in [0.2, 0.25) is 0 Å². The van der Waals surface area contributed by atoms with Gasteiger partial charge in [-0.2, -0.15) is 13.5 Å². The fourth-order valence-corrected chi connectivity index (χ4v) is 4.37. The fraction of sp³-hybridized carbons (Fsp3) is 0.217. The average Bonchev–Trinajstić information content (AvgIpc) is 3.44. The summed E-state index contributed by atoms with van der Waals surface area (Å²) in [6.45, 7) is 1.53. The topological polar surface area (TPSA) is 93.9 Å². The molecule has 0 saturated carbocycles. The van der Waals surface area contributed by atoms with Crippen LogP contribution in [0.15, 0.2) is 67.1 Å². The summed E-state index contributed by atoms with van der Waals surface area (Å²) in [6.07, 6.45) is 5.42. The monoisotopic (exact) mass is 464 g/mol. The van der Waals surface area contributed by atoms with Gasteiger partial charge in [-0.1, -0.05) is 36.4 Å². The first-order chi connectivity index (χ1) is 15.9. The highest BCUT2D eigenvalue weighted by Crippen LogP contribution is 2.32. The van der Waals surface area contributed by atoms with E-state index in [1.54, 1.807) is 12.4 Å². The predicted molar refractivity (Wildman–Crippen MR) is 121 cm³/mol. The molecule has 4 aromatic rings. The van der Waals surface area contributed by atoms with Gasteiger partial charge in [0.1, 0.15) is 5.69 Å². The standard InChI is InChI=1S/C23H21FN6O2S/c24-33(31,32)12-11-29-15-19-21(16-29)26-23(18-6-2-1-3-7-18)27-22(19)20-8-10-30(28-20)14-17-5-4-9-25-13-17/h1-10,13H,11-12,14-16H2. The minimum absolute atomic E-state index is 0.0880. The Labute approximate surface area is 191 Å². The van der Waals surface area contributed by atoms with Gasteiger partial charge >= 0.3 is 10.2 Å². The van der Waals surface area contributed by atoms with Crippen LogP contribution >= 0.6 is 0 Å². The number of aromatic nitrogens is 5. The molecule has 0 spiro atoms. The minimum Gasteiger partial charge on any atom is -0.292 e. The van der Waals surface area contributed by atoms with Gasteiger partial charge in [0, 0.05) is 49.4 Å². The second kappa shape index (κ2) is 8.80. The molecule has 0 saturated heterocycles. The Balaban J connectivity index is 1.50. The first kappa shape index (κ1) is 21.4. The summed E-state index contributed by atoms with van der Waals surface area (Å²) in [7, 11) is -4.54. The number of fused-ring (bicyclic) bond motifs is 1. The van der Waals surface area contributed by atoms with Crippen molar-refractivity contribution in [3.8, 4) is 22.8 Å². The summed E-state index contributed by atoms with van der Waals surface area (Å²) in [5.41, 5.74) is 5.00. The Morgan fingerprint density at radius 1 is 1.00 bits per heavy atom. The summed E-state index contributed by atoms with van der Waals surface area (Å²) >= 11 is 0. The first-order valence-electron chi connectivity index (χ1n) is 10.5. The molecule has 1 aliphatic rings. The van der Waals surface area contributed by atoms with Crippen molar-refractivity contribution in [2.45, 2.75) is 19.6 Å². The van der Waals surface area contributed by atoms with E-state index < -0.39 is 16.0 Å². The predicted octanol–water partition coefficient (Wildman–Crippen LogP) is 3.07. The van der Waals surface area contributed by atoms with Crippen LogP contribution < -0.4 is 0 Å². The lowest BCUT2D eigenvalue weighted by Crippen LogP contribution is -2.23. The molecule has 0 fully saturated rings. The van der Waals surface area contributed by atoms with Gasteiger partial charge in [-0.15, -0.1) is 3.89 Å². The van der Waals surface area contributed by atoms with Crippen molar-refractivity contribution >= 4 is 10.2 Å². The van der Waals surface area contributed by atoms with Gasteiger partial charge < -0.3 is 0 Å². The van der Waals surface area contributed by atoms with Crippen molar-refractivity contribution in [2.75, 3.05) is 12.3 Å². The molecular formula is C23H21FN6O2S. The van der Waals surface area contributed by atoms with E-state index in [0.717, 1.165) is 22.4 Å². The van der Waals surface area contributed by atoms with Gasteiger partial charge in [0.25, 0.3) is 0 Å². The van der Waals surface area contributed by atoms with E-state index in [4.69, 9.17) is 15.1 Å². The first-order valence-corrected chi connectivity index (χ1v) is 12.0. The maximum Gasteiger partial charge on any atom is 0.303 e. The molecule has 10 heteroatoms. The molecule has 0 radical (unpaired) electrons. The zero-order valence-electron chi connectivity index (χ0n) is 17.7. The number of halogens is 1. The lowest BCUT2D eigenvalue weighted by atomic mass is 10.1. The van der Waals surface area contributed by atoms with E-state index in [0.29, 0.717) is 36.8 Å². The van der Waals surface area contributed by atoms with Gasteiger partial charge in [-0.05, 0) is 17.7 Å². The zero-order valence-corrected chi connectivity index (χ0v) is 18.5. The smallest absolute Gasteiger partial charge is 0.292 e. The molecule has 4 heterocycles. The fourth-order valence-electron chi connectivity index (χ4n) is 3.90. The molecule has 8 nitrogen and oxygen atoms in total. The van der Waals surface area contributed by atoms with Crippen molar-refractivity contribution in [1.29, 1.82) is 0 Å². The van der Waals surface area contributed by atoms with Crippen molar-refractivity contribution < 1.29 is 12.3 Å². The quantitative estimate of drug-likeness (QED) is 0.388. The van der Waals surface area contributed by atoms with E-state index >= 15 is 0 Å². The highest BCUT2D eigenvalue weighted by molar-refractivity contribution is 7.86. The summed E-state index contributed by atoms with van der Waals surface area (Å²) < 4.78 is 36.9. The SMILES string of the molecule is O=S(=O)(F)CCN1Cc2nc(-c3ccccc3)nc(-c3ccn(Cc4cccnc4)n3)c2C1. The number of hydrogen-bond donors (Lipinski definition) is 0. The normalized spacial score (nSPS) is 13.8. The molecule has 3 aromatic heterocycles. The van der Waals surface area contributed by atoms with Gasteiger partial charge in [-0.25, -0.2) is 9.97 Å². The second-order valence-electron chi connectivity index (χ2n) is 7.90. The van der Waals surface area contributed by atoms with Crippen LogP contribution in [0.2, 0.25) is 0 Å². The summed E-state index contributed by atoms with van der Waals surface area (Å²) in [5, 5.41) is 4.72. The Bertz CT molecular complexity index is 1380. The lowest BCUT2D eigenvalue weighted by molar-refractivity contribution is 0.299. The molecule has 0 amide bonds. The van der Waals surface area contributed by atoms with E-state index in [9.17, 15) is 12.3 Å². The highest BCUT2D eigenvalue weighted by Gasteiger charge is 2.28. The maximum absolute atomic E-state index is 13.1. The van der Waals surface area contributed by atoms with Gasteiger partial charge in [-0.3, -0.25) is 14.6 Å². The number of nitrogens with zero attached hydrogens (tertiary/aromatic N) is 6. The van der Waals surface area contributed by atoms with Crippen LogP contribution in [0.25, 0.3) is 22.8 Å². The Kier molecular flexibility index (Phi) is 5.69. The van der Waals surface area contributed by atoms with Crippen LogP contribution in [0.5, 0.6) is 0 Å². The molecule has 0 bridgehead atoms. The van der Waals surface area contributed by atoms with Crippen LogP contribution in [-0.2, 0) is 29.9 Å². The van der Waals surface area contributed by atoms with E-state index in [1.807, 2.05) is 64.3 Å². The second-order valence-corrected chi connectivity index (χ2v) is 9.39. The van der Waals surface area contributed by atoms with Crippen molar-refractivity contribution in [3.63, 3.8) is 0 Å². The number of rotatable bonds is 7. The van der Waals surface area contributed by atoms with Crippen molar-refractivity contribution in [1.82, 2.24) is 29.6 Å². The molecule has 1 aliphatic heterocycles. The highest BCUT2D eigenvalue weighted by atomic mass is 32.3. The molecule has 0 N–H and O–H groups in total. The molecular weight excluding hydrogens is 443 g/mol. The summed E-state index contributed by atoms with van der Waals surface area (Å²) in [6, 6.07) is 15.4. The third-order valence-electron chi connectivity index (χ3n) is 5.48. The molecule has 0 unspecified atom stereocenters. The van der Waals surface area contributed by atoms with Crippen molar-refractivity contribution in [3.05, 3.63) is 83.9 Å². The van der Waals surface area contributed by atoms with E-state index in [2.05, 4.69) is 4.98 Å². The molecule has 33 heavy (non-hydrogen) atoms. The van der Waals surface area contributed by atoms with Crippen LogP contribution in [0.4, 0.5) is 3.89 Å². The molecule has 5 rings (SSSR count). The Morgan fingerprint density at radius 3 is 2.61 bits per heavy atom. The van der Waals surface area contributed by atoms with Crippen molar-refractivity contribution in [2.24, 2.45) is 0 Å². The Hall–Kier alpha value is -3.50. The number of benzene rings is 1.